The first-order valence-corrected chi connectivity index (χ1v) is 12.6. The lowest BCUT2D eigenvalue weighted by Gasteiger charge is -2.28. The predicted octanol–water partition coefficient (Wildman–Crippen LogP) is 9.34. The Hall–Kier alpha value is -2.42. The van der Waals surface area contributed by atoms with Crippen LogP contribution in [-0.4, -0.2) is 17.7 Å². The normalized spacial score (nSPS) is 13.2. The number of aliphatic imine (C=N–C) groups is 1. The molecule has 0 saturated carbocycles. The van der Waals surface area contributed by atoms with E-state index in [0.717, 1.165) is 22.6 Å². The van der Waals surface area contributed by atoms with Gasteiger partial charge in [-0.05, 0) is 77.4 Å². The molecule has 1 aromatic carbocycles. The van der Waals surface area contributed by atoms with Crippen molar-refractivity contribution in [3.05, 3.63) is 64.9 Å². The van der Waals surface area contributed by atoms with Crippen LogP contribution in [0, 0.1) is 17.8 Å². The summed E-state index contributed by atoms with van der Waals surface area (Å²) in [5.41, 5.74) is 7.68. The average molecular weight is 483 g/mol. The van der Waals surface area contributed by atoms with Crippen molar-refractivity contribution in [2.24, 2.45) is 15.8 Å². The molecule has 3 heteroatoms. The Morgan fingerprint density at radius 3 is 1.69 bits per heavy atom. The molecule has 0 fully saturated rings. The Balaban J connectivity index is 0. The summed E-state index contributed by atoms with van der Waals surface area (Å²) in [6.07, 6.45) is 1.85. The molecule has 0 spiro atoms. The quantitative estimate of drug-likeness (QED) is 0.253. The average Bonchev–Trinajstić information content (AvgIpc) is 2.66. The molecule has 1 aromatic rings. The minimum Gasteiger partial charge on any atom is -0.349 e. The van der Waals surface area contributed by atoms with Crippen molar-refractivity contribution in [1.29, 1.82) is 0 Å². The fraction of sp³-hybridized carbons (Fsp3) is 0.562. The molecule has 0 aliphatic carbocycles. The lowest BCUT2D eigenvalue weighted by molar-refractivity contribution is -0.118. The molecular formula is C32H54N2O. The van der Waals surface area contributed by atoms with Gasteiger partial charge in [0.2, 0.25) is 0 Å². The van der Waals surface area contributed by atoms with Crippen LogP contribution in [0.1, 0.15) is 108 Å². The standard InChI is InChI=1S/C17H30N2O.C10H12.C5H12/c1-10-15(12(4)13(5)18-11(2)3)16(20)19-14(6)17(7,8)9;1-8(2)10-6-4-9(3)5-7-10;1-5(2,3)4/h10,14H,1-9H3,(H,19,20);4-7H,1H2,2-3H3;1-4H3/b13-12+,15-10+;;. The molecule has 0 heterocycles. The van der Waals surface area contributed by atoms with Crippen LogP contribution < -0.4 is 5.32 Å². The SMILES string of the molecule is C/C=C(C(=O)NC(C)C(C)(C)C)\C(C)=C(/C)N=C(C)C.C=C(C)c1ccc(C)cc1.CC(C)(C)C. The number of carbonyl (C=O) groups is 1. The van der Waals surface area contributed by atoms with Crippen LogP contribution in [0.3, 0.4) is 0 Å². The third-order valence-electron chi connectivity index (χ3n) is 5.06. The second kappa shape index (κ2) is 15.5. The van der Waals surface area contributed by atoms with E-state index in [9.17, 15) is 4.79 Å². The van der Waals surface area contributed by atoms with E-state index in [1.165, 1.54) is 11.1 Å². The van der Waals surface area contributed by atoms with E-state index in [1.807, 2.05) is 54.5 Å². The Labute approximate surface area is 217 Å². The maximum absolute atomic E-state index is 12.4. The van der Waals surface area contributed by atoms with Crippen molar-refractivity contribution >= 4 is 17.2 Å². The van der Waals surface area contributed by atoms with Crippen LogP contribution in [0.2, 0.25) is 0 Å². The molecule has 1 rings (SSSR count). The van der Waals surface area contributed by atoms with Gasteiger partial charge in [0.1, 0.15) is 0 Å². The molecule has 0 bridgehead atoms. The lowest BCUT2D eigenvalue weighted by atomic mass is 9.87. The van der Waals surface area contributed by atoms with Gasteiger partial charge >= 0.3 is 0 Å². The number of hydrogen-bond donors (Lipinski definition) is 1. The van der Waals surface area contributed by atoms with Gasteiger partial charge in [-0.1, -0.05) is 96.5 Å². The third-order valence-corrected chi connectivity index (χ3v) is 5.06. The summed E-state index contributed by atoms with van der Waals surface area (Å²) in [6.45, 7) is 34.8. The van der Waals surface area contributed by atoms with Crippen molar-refractivity contribution in [3.8, 4) is 0 Å². The predicted molar refractivity (Wildman–Crippen MR) is 159 cm³/mol. The van der Waals surface area contributed by atoms with E-state index >= 15 is 0 Å². The van der Waals surface area contributed by atoms with Crippen LogP contribution in [0.4, 0.5) is 0 Å². The van der Waals surface area contributed by atoms with Gasteiger partial charge in [0.25, 0.3) is 5.91 Å². The summed E-state index contributed by atoms with van der Waals surface area (Å²) < 4.78 is 0. The zero-order valence-corrected chi connectivity index (χ0v) is 25.5. The van der Waals surface area contributed by atoms with Crippen molar-refractivity contribution in [1.82, 2.24) is 5.32 Å². The van der Waals surface area contributed by atoms with E-state index in [4.69, 9.17) is 0 Å². The Morgan fingerprint density at radius 1 is 0.943 bits per heavy atom. The Kier molecular flexibility index (Phi) is 15.4. The first kappa shape index (κ1) is 34.7. The Bertz CT molecular complexity index is 888. The lowest BCUT2D eigenvalue weighted by Crippen LogP contribution is -2.42. The first-order valence-electron chi connectivity index (χ1n) is 12.6. The maximum atomic E-state index is 12.4. The summed E-state index contributed by atoms with van der Waals surface area (Å²) in [6, 6.07) is 8.50. The summed E-state index contributed by atoms with van der Waals surface area (Å²) in [5, 5.41) is 3.07. The van der Waals surface area contributed by atoms with Gasteiger partial charge in [0.15, 0.2) is 0 Å². The monoisotopic (exact) mass is 482 g/mol. The highest BCUT2D eigenvalue weighted by molar-refractivity contribution is 5.98. The zero-order chi connectivity index (χ0) is 28.1. The Morgan fingerprint density at radius 2 is 1.37 bits per heavy atom. The number of rotatable bonds is 5. The van der Waals surface area contributed by atoms with Crippen molar-refractivity contribution < 1.29 is 4.79 Å². The van der Waals surface area contributed by atoms with Crippen LogP contribution >= 0.6 is 0 Å². The summed E-state index contributed by atoms with van der Waals surface area (Å²) >= 11 is 0. The second-order valence-electron chi connectivity index (χ2n) is 12.2. The van der Waals surface area contributed by atoms with E-state index in [2.05, 4.69) is 96.5 Å². The van der Waals surface area contributed by atoms with Crippen LogP contribution in [-0.2, 0) is 4.79 Å². The maximum Gasteiger partial charge on any atom is 0.251 e. The van der Waals surface area contributed by atoms with Crippen molar-refractivity contribution in [2.45, 2.75) is 110 Å². The highest BCUT2D eigenvalue weighted by Gasteiger charge is 2.23. The summed E-state index contributed by atoms with van der Waals surface area (Å²) in [4.78, 5) is 16.8. The minimum atomic E-state index is -0.0317. The molecule has 1 unspecified atom stereocenters. The third kappa shape index (κ3) is 17.6. The molecule has 198 valence electrons. The molecular weight excluding hydrogens is 428 g/mol. The van der Waals surface area contributed by atoms with Crippen LogP contribution in [0.5, 0.6) is 0 Å². The van der Waals surface area contributed by atoms with E-state index in [1.54, 1.807) is 0 Å². The van der Waals surface area contributed by atoms with Gasteiger partial charge in [-0.15, -0.1) is 0 Å². The fourth-order valence-corrected chi connectivity index (χ4v) is 2.46. The molecule has 0 aromatic heterocycles. The van der Waals surface area contributed by atoms with Crippen LogP contribution in [0.15, 0.2) is 58.8 Å². The molecule has 0 radical (unpaired) electrons. The summed E-state index contributed by atoms with van der Waals surface area (Å²) in [7, 11) is 0. The van der Waals surface area contributed by atoms with Crippen molar-refractivity contribution in [3.63, 3.8) is 0 Å². The molecule has 0 aliphatic heterocycles. The second-order valence-corrected chi connectivity index (χ2v) is 12.2. The van der Waals surface area contributed by atoms with Gasteiger partial charge in [0.05, 0.1) is 0 Å². The van der Waals surface area contributed by atoms with Gasteiger partial charge in [-0.3, -0.25) is 9.79 Å². The number of carbonyl (C=O) groups excluding carboxylic acids is 1. The number of amides is 1. The zero-order valence-electron chi connectivity index (χ0n) is 25.5. The number of nitrogens with one attached hydrogen (secondary N) is 1. The van der Waals surface area contributed by atoms with Crippen LogP contribution in [0.25, 0.3) is 5.57 Å². The highest BCUT2D eigenvalue weighted by Crippen LogP contribution is 2.21. The first-order chi connectivity index (χ1) is 15.7. The minimum absolute atomic E-state index is 0.0317. The fourth-order valence-electron chi connectivity index (χ4n) is 2.46. The van der Waals surface area contributed by atoms with E-state index < -0.39 is 0 Å². The molecule has 0 aliphatic rings. The van der Waals surface area contributed by atoms with E-state index in [-0.39, 0.29) is 17.4 Å². The number of aryl methyl sites for hydroxylation is 1. The molecule has 1 N–H and O–H groups in total. The highest BCUT2D eigenvalue weighted by atomic mass is 16.1. The van der Waals surface area contributed by atoms with E-state index in [0.29, 0.717) is 11.0 Å². The summed E-state index contributed by atoms with van der Waals surface area (Å²) in [5.74, 6) is -0.0317. The molecule has 3 nitrogen and oxygen atoms in total. The molecule has 0 saturated heterocycles. The topological polar surface area (TPSA) is 41.5 Å². The van der Waals surface area contributed by atoms with Gasteiger partial charge in [0, 0.05) is 23.0 Å². The smallest absolute Gasteiger partial charge is 0.251 e. The largest absolute Gasteiger partial charge is 0.349 e. The number of nitrogens with zero attached hydrogens (tertiary/aromatic N) is 1. The van der Waals surface area contributed by atoms with Gasteiger partial charge in [-0.25, -0.2) is 0 Å². The number of allylic oxidation sites excluding steroid dienone is 3. The molecule has 1 atom stereocenters. The van der Waals surface area contributed by atoms with Gasteiger partial charge in [-0.2, -0.15) is 0 Å². The number of hydrogen-bond acceptors (Lipinski definition) is 2. The van der Waals surface area contributed by atoms with Crippen molar-refractivity contribution in [2.75, 3.05) is 0 Å². The number of benzene rings is 1. The van der Waals surface area contributed by atoms with Gasteiger partial charge < -0.3 is 5.32 Å². The molecule has 1 amide bonds. The molecule has 35 heavy (non-hydrogen) atoms.